The summed E-state index contributed by atoms with van der Waals surface area (Å²) >= 11 is 0. The van der Waals surface area contributed by atoms with Gasteiger partial charge in [-0.2, -0.15) is 0 Å². The fraction of sp³-hybridized carbons (Fsp3) is 0.316. The molecule has 1 fully saturated rings. The van der Waals surface area contributed by atoms with Crippen LogP contribution in [0.2, 0.25) is 0 Å². The molecule has 3 heteroatoms. The van der Waals surface area contributed by atoms with Crippen LogP contribution in [0.25, 0.3) is 16.8 Å². The van der Waals surface area contributed by atoms with E-state index in [0.717, 1.165) is 24.0 Å². The Morgan fingerprint density at radius 3 is 2.68 bits per heavy atom. The van der Waals surface area contributed by atoms with Crippen molar-refractivity contribution in [3.05, 3.63) is 53.1 Å². The fourth-order valence-corrected chi connectivity index (χ4v) is 2.95. The number of carbonyl (C=O) groups is 1. The standard InChI is InChI=1S/C19H22N2O/c1-4-6-13-9-10-14-7-5-8-15(16(14)11-13)12-17-18(22)20-21-19(17,2)3/h5,7-12,21H,4,6H2,1-3H3,(H,20,22)/b17-12+. The summed E-state index contributed by atoms with van der Waals surface area (Å²) in [5.41, 5.74) is 8.57. The van der Waals surface area contributed by atoms with Crippen LogP contribution in [0.1, 0.15) is 38.3 Å². The van der Waals surface area contributed by atoms with Gasteiger partial charge in [0, 0.05) is 5.57 Å². The molecule has 0 unspecified atom stereocenters. The van der Waals surface area contributed by atoms with Crippen LogP contribution < -0.4 is 10.9 Å². The predicted molar refractivity (Wildman–Crippen MR) is 91.3 cm³/mol. The molecule has 0 saturated carbocycles. The van der Waals surface area contributed by atoms with Gasteiger partial charge in [0.1, 0.15) is 0 Å². The molecule has 22 heavy (non-hydrogen) atoms. The third kappa shape index (κ3) is 2.64. The topological polar surface area (TPSA) is 41.1 Å². The molecule has 0 aliphatic carbocycles. The molecule has 1 aliphatic rings. The quantitative estimate of drug-likeness (QED) is 0.849. The van der Waals surface area contributed by atoms with Crippen molar-refractivity contribution in [2.45, 2.75) is 39.2 Å². The van der Waals surface area contributed by atoms with Crippen molar-refractivity contribution in [2.75, 3.05) is 0 Å². The zero-order chi connectivity index (χ0) is 15.7. The Labute approximate surface area is 131 Å². The SMILES string of the molecule is CCCc1ccc2cccc(/C=C3\C(=O)NNC3(C)C)c2c1. The summed E-state index contributed by atoms with van der Waals surface area (Å²) in [6, 6.07) is 12.8. The summed E-state index contributed by atoms with van der Waals surface area (Å²) in [6.45, 7) is 6.20. The van der Waals surface area contributed by atoms with E-state index >= 15 is 0 Å². The van der Waals surface area contributed by atoms with Gasteiger partial charge in [-0.05, 0) is 48.2 Å². The lowest BCUT2D eigenvalue weighted by molar-refractivity contribution is -0.116. The van der Waals surface area contributed by atoms with Crippen LogP contribution in [0.15, 0.2) is 42.0 Å². The molecule has 0 bridgehead atoms. The maximum atomic E-state index is 12.1. The lowest BCUT2D eigenvalue weighted by Crippen LogP contribution is -2.38. The zero-order valence-electron chi connectivity index (χ0n) is 13.4. The van der Waals surface area contributed by atoms with Crippen molar-refractivity contribution >= 4 is 22.8 Å². The Kier molecular flexibility index (Phi) is 3.75. The van der Waals surface area contributed by atoms with E-state index in [4.69, 9.17) is 0 Å². The third-order valence-corrected chi connectivity index (χ3v) is 4.23. The van der Waals surface area contributed by atoms with Gasteiger partial charge in [0.2, 0.25) is 0 Å². The predicted octanol–water partition coefficient (Wildman–Crippen LogP) is 3.59. The Morgan fingerprint density at radius 1 is 1.18 bits per heavy atom. The number of nitrogens with one attached hydrogen (secondary N) is 2. The Morgan fingerprint density at radius 2 is 2.00 bits per heavy atom. The van der Waals surface area contributed by atoms with Crippen LogP contribution in [0.5, 0.6) is 0 Å². The summed E-state index contributed by atoms with van der Waals surface area (Å²) in [6.07, 6.45) is 4.22. The monoisotopic (exact) mass is 294 g/mol. The molecule has 0 aromatic heterocycles. The molecule has 0 spiro atoms. The Balaban J connectivity index is 2.14. The molecule has 1 aliphatic heterocycles. The first-order chi connectivity index (χ1) is 10.5. The van der Waals surface area contributed by atoms with E-state index in [2.05, 4.69) is 48.1 Å². The summed E-state index contributed by atoms with van der Waals surface area (Å²) in [4.78, 5) is 12.1. The Hall–Kier alpha value is -2.13. The summed E-state index contributed by atoms with van der Waals surface area (Å²) in [5.74, 6) is -0.0493. The van der Waals surface area contributed by atoms with Gasteiger partial charge >= 0.3 is 0 Å². The van der Waals surface area contributed by atoms with Gasteiger partial charge in [-0.3, -0.25) is 10.2 Å². The minimum Gasteiger partial charge on any atom is -0.287 e. The Bertz CT molecular complexity index is 759. The number of aryl methyl sites for hydroxylation is 1. The van der Waals surface area contributed by atoms with Crippen LogP contribution in [-0.2, 0) is 11.2 Å². The molecule has 0 atom stereocenters. The van der Waals surface area contributed by atoms with Gasteiger partial charge in [0.25, 0.3) is 5.91 Å². The number of hydrazine groups is 1. The lowest BCUT2D eigenvalue weighted by Gasteiger charge is -2.17. The number of benzene rings is 2. The lowest BCUT2D eigenvalue weighted by atomic mass is 9.92. The molecule has 3 rings (SSSR count). The van der Waals surface area contributed by atoms with Crippen LogP contribution in [0.3, 0.4) is 0 Å². The highest BCUT2D eigenvalue weighted by Crippen LogP contribution is 2.27. The molecular formula is C19H22N2O. The zero-order valence-corrected chi connectivity index (χ0v) is 13.4. The van der Waals surface area contributed by atoms with E-state index in [9.17, 15) is 4.79 Å². The number of carbonyl (C=O) groups excluding carboxylic acids is 1. The molecule has 1 saturated heterocycles. The van der Waals surface area contributed by atoms with Crippen molar-refractivity contribution in [1.82, 2.24) is 10.9 Å². The second kappa shape index (κ2) is 5.58. The molecule has 0 radical (unpaired) electrons. The normalized spacial score (nSPS) is 18.9. The van der Waals surface area contributed by atoms with E-state index in [1.807, 2.05) is 26.0 Å². The largest absolute Gasteiger partial charge is 0.287 e. The first-order valence-electron chi connectivity index (χ1n) is 7.82. The first-order valence-corrected chi connectivity index (χ1v) is 7.82. The third-order valence-electron chi connectivity index (χ3n) is 4.23. The highest BCUT2D eigenvalue weighted by atomic mass is 16.2. The van der Waals surface area contributed by atoms with Gasteiger partial charge in [-0.25, -0.2) is 5.43 Å². The van der Waals surface area contributed by atoms with Gasteiger partial charge in [-0.15, -0.1) is 0 Å². The summed E-state index contributed by atoms with van der Waals surface area (Å²) in [7, 11) is 0. The van der Waals surface area contributed by atoms with E-state index in [1.165, 1.54) is 16.3 Å². The molecule has 3 nitrogen and oxygen atoms in total. The number of hydrogen-bond acceptors (Lipinski definition) is 2. The van der Waals surface area contributed by atoms with Crippen LogP contribution in [0.4, 0.5) is 0 Å². The molecular weight excluding hydrogens is 272 g/mol. The number of amides is 1. The number of rotatable bonds is 3. The summed E-state index contributed by atoms with van der Waals surface area (Å²) in [5, 5.41) is 2.41. The van der Waals surface area contributed by atoms with Crippen LogP contribution in [-0.4, -0.2) is 11.4 Å². The number of hydrogen-bond donors (Lipinski definition) is 2. The van der Waals surface area contributed by atoms with Crippen molar-refractivity contribution in [3.8, 4) is 0 Å². The highest BCUT2D eigenvalue weighted by Gasteiger charge is 2.34. The number of fused-ring (bicyclic) bond motifs is 1. The first kappa shape index (κ1) is 14.8. The minimum absolute atomic E-state index is 0.0493. The maximum Gasteiger partial charge on any atom is 0.263 e. The molecule has 2 aromatic rings. The van der Waals surface area contributed by atoms with Gasteiger partial charge in [0.15, 0.2) is 0 Å². The second-order valence-corrected chi connectivity index (χ2v) is 6.41. The molecule has 2 N–H and O–H groups in total. The van der Waals surface area contributed by atoms with Gasteiger partial charge < -0.3 is 0 Å². The maximum absolute atomic E-state index is 12.1. The minimum atomic E-state index is -0.361. The van der Waals surface area contributed by atoms with Crippen LogP contribution in [0, 0.1) is 0 Å². The van der Waals surface area contributed by atoms with Gasteiger partial charge in [0.05, 0.1) is 5.54 Å². The smallest absolute Gasteiger partial charge is 0.263 e. The fourth-order valence-electron chi connectivity index (χ4n) is 2.95. The molecule has 1 heterocycles. The van der Waals surface area contributed by atoms with Crippen molar-refractivity contribution in [1.29, 1.82) is 0 Å². The van der Waals surface area contributed by atoms with E-state index in [1.54, 1.807) is 0 Å². The van der Waals surface area contributed by atoms with Crippen molar-refractivity contribution < 1.29 is 4.79 Å². The van der Waals surface area contributed by atoms with E-state index in [-0.39, 0.29) is 11.4 Å². The highest BCUT2D eigenvalue weighted by molar-refractivity contribution is 6.04. The molecule has 114 valence electrons. The summed E-state index contributed by atoms with van der Waals surface area (Å²) < 4.78 is 0. The van der Waals surface area contributed by atoms with E-state index < -0.39 is 0 Å². The van der Waals surface area contributed by atoms with Gasteiger partial charge in [-0.1, -0.05) is 49.7 Å². The average Bonchev–Trinajstić information content (AvgIpc) is 2.75. The average molecular weight is 294 g/mol. The molecule has 1 amide bonds. The van der Waals surface area contributed by atoms with Crippen molar-refractivity contribution in [3.63, 3.8) is 0 Å². The van der Waals surface area contributed by atoms with E-state index in [0.29, 0.717) is 0 Å². The second-order valence-electron chi connectivity index (χ2n) is 6.41. The molecule has 2 aromatic carbocycles. The van der Waals surface area contributed by atoms with Crippen LogP contribution >= 0.6 is 0 Å². The van der Waals surface area contributed by atoms with Crippen molar-refractivity contribution in [2.24, 2.45) is 0 Å².